The summed E-state index contributed by atoms with van der Waals surface area (Å²) in [6.07, 6.45) is 8.50. The van der Waals surface area contributed by atoms with E-state index >= 15 is 0 Å². The van der Waals surface area contributed by atoms with Gasteiger partial charge in [-0.15, -0.1) is 0 Å². The minimum Gasteiger partial charge on any atom is -0.279 e. The Morgan fingerprint density at radius 3 is 2.64 bits per heavy atom. The normalized spacial score (nSPS) is 11.4. The molecule has 0 spiro atoms. The Bertz CT molecular complexity index is 986. The van der Waals surface area contributed by atoms with Crippen LogP contribution in [0.25, 0.3) is 23.3 Å². The quantitative estimate of drug-likeness (QED) is 0.691. The maximum Gasteiger partial charge on any atom is 0.332 e. The summed E-state index contributed by atoms with van der Waals surface area (Å²) in [6.45, 7) is 0. The zero-order chi connectivity index (χ0) is 15.7. The molecule has 3 heterocycles. The highest BCUT2D eigenvalue weighted by atomic mass is 16.2. The van der Waals surface area contributed by atoms with Crippen LogP contribution < -0.4 is 11.2 Å². The van der Waals surface area contributed by atoms with Crippen molar-refractivity contribution in [3.05, 3.63) is 62.8 Å². The van der Waals surface area contributed by atoms with Crippen LogP contribution in [0.15, 0.2) is 40.3 Å². The topological polar surface area (TPSA) is 82.7 Å². The van der Waals surface area contributed by atoms with Gasteiger partial charge in [0.05, 0.1) is 11.9 Å². The zero-order valence-corrected chi connectivity index (χ0v) is 12.1. The monoisotopic (exact) mass is 295 g/mol. The smallest absolute Gasteiger partial charge is 0.279 e. The fraction of sp³-hybridized carbons (Fsp3) is 0.133. The standard InChI is InChI=1S/C15H13N5O2/c1-19-13-12(14(21)20(2)15(19)22)18-11(9-17-13)6-5-10-4-3-7-16-8-10/h3-9H,1-2H3. The van der Waals surface area contributed by atoms with E-state index in [0.717, 1.165) is 10.1 Å². The SMILES string of the molecule is Cn1c(=O)c2nc(C=Cc3cccnc3)cnc2n(C)c1=O. The predicted molar refractivity (Wildman–Crippen MR) is 83.2 cm³/mol. The van der Waals surface area contributed by atoms with Crippen molar-refractivity contribution in [1.82, 2.24) is 24.1 Å². The minimum atomic E-state index is -0.456. The molecule has 0 atom stereocenters. The molecule has 7 heteroatoms. The van der Waals surface area contributed by atoms with E-state index in [1.54, 1.807) is 25.5 Å². The number of rotatable bonds is 2. The molecule has 0 unspecified atom stereocenters. The summed E-state index contributed by atoms with van der Waals surface area (Å²) in [5, 5.41) is 0. The molecule has 0 aromatic carbocycles. The first-order chi connectivity index (χ1) is 10.6. The van der Waals surface area contributed by atoms with Crippen LogP contribution in [0.5, 0.6) is 0 Å². The molecule has 22 heavy (non-hydrogen) atoms. The average molecular weight is 295 g/mol. The van der Waals surface area contributed by atoms with Crippen LogP contribution in [-0.4, -0.2) is 24.1 Å². The van der Waals surface area contributed by atoms with E-state index in [1.807, 2.05) is 18.2 Å². The van der Waals surface area contributed by atoms with Crippen LogP contribution in [-0.2, 0) is 14.1 Å². The third-order valence-corrected chi connectivity index (χ3v) is 3.30. The van der Waals surface area contributed by atoms with Crippen LogP contribution in [0.1, 0.15) is 11.3 Å². The van der Waals surface area contributed by atoms with Crippen LogP contribution in [0.2, 0.25) is 0 Å². The van der Waals surface area contributed by atoms with Crippen LogP contribution in [0.3, 0.4) is 0 Å². The lowest BCUT2D eigenvalue weighted by molar-refractivity contribution is 0.704. The van der Waals surface area contributed by atoms with Gasteiger partial charge >= 0.3 is 5.69 Å². The second-order valence-electron chi connectivity index (χ2n) is 4.79. The Labute approximate surface area is 125 Å². The Balaban J connectivity index is 2.13. The third-order valence-electron chi connectivity index (χ3n) is 3.30. The summed E-state index contributed by atoms with van der Waals surface area (Å²) in [4.78, 5) is 36.5. The molecular weight excluding hydrogens is 282 g/mol. The van der Waals surface area contributed by atoms with Gasteiger partial charge in [-0.05, 0) is 17.7 Å². The largest absolute Gasteiger partial charge is 0.332 e. The van der Waals surface area contributed by atoms with Crippen molar-refractivity contribution < 1.29 is 0 Å². The Morgan fingerprint density at radius 1 is 1.09 bits per heavy atom. The van der Waals surface area contributed by atoms with Gasteiger partial charge < -0.3 is 0 Å². The molecule has 0 radical (unpaired) electrons. The van der Waals surface area contributed by atoms with Gasteiger partial charge in [0.2, 0.25) is 0 Å². The molecule has 0 fully saturated rings. The molecule has 7 nitrogen and oxygen atoms in total. The van der Waals surface area contributed by atoms with Gasteiger partial charge in [-0.1, -0.05) is 12.1 Å². The summed E-state index contributed by atoms with van der Waals surface area (Å²) in [5.41, 5.74) is 1.00. The summed E-state index contributed by atoms with van der Waals surface area (Å²) in [7, 11) is 2.98. The maximum atomic E-state index is 12.1. The Kier molecular flexibility index (Phi) is 3.38. The zero-order valence-electron chi connectivity index (χ0n) is 12.1. The highest BCUT2D eigenvalue weighted by molar-refractivity contribution is 5.73. The van der Waals surface area contributed by atoms with E-state index < -0.39 is 11.2 Å². The maximum absolute atomic E-state index is 12.1. The minimum absolute atomic E-state index is 0.165. The van der Waals surface area contributed by atoms with E-state index in [2.05, 4.69) is 15.0 Å². The van der Waals surface area contributed by atoms with Gasteiger partial charge in [0.25, 0.3) is 5.56 Å². The first kappa shape index (κ1) is 13.9. The third kappa shape index (κ3) is 2.32. The predicted octanol–water partition coefficient (Wildman–Crippen LogP) is 0.593. The summed E-state index contributed by atoms with van der Waals surface area (Å²) in [6, 6.07) is 3.73. The van der Waals surface area contributed by atoms with Crippen molar-refractivity contribution >= 4 is 23.3 Å². The molecule has 0 saturated heterocycles. The van der Waals surface area contributed by atoms with Gasteiger partial charge in [0.15, 0.2) is 11.2 Å². The second kappa shape index (κ2) is 5.36. The van der Waals surface area contributed by atoms with Gasteiger partial charge in [-0.2, -0.15) is 0 Å². The number of aromatic nitrogens is 5. The van der Waals surface area contributed by atoms with E-state index in [-0.39, 0.29) is 11.2 Å². The van der Waals surface area contributed by atoms with E-state index in [0.29, 0.717) is 5.69 Å². The molecule has 0 saturated carbocycles. The number of hydrogen-bond acceptors (Lipinski definition) is 5. The number of hydrogen-bond donors (Lipinski definition) is 0. The van der Waals surface area contributed by atoms with Crippen LogP contribution >= 0.6 is 0 Å². The van der Waals surface area contributed by atoms with Crippen LogP contribution in [0, 0.1) is 0 Å². The van der Waals surface area contributed by atoms with Gasteiger partial charge in [0.1, 0.15) is 0 Å². The van der Waals surface area contributed by atoms with Crippen LogP contribution in [0.4, 0.5) is 0 Å². The first-order valence-electron chi connectivity index (χ1n) is 6.59. The van der Waals surface area contributed by atoms with Crippen molar-refractivity contribution in [3.8, 4) is 0 Å². The summed E-state index contributed by atoms with van der Waals surface area (Å²) >= 11 is 0. The lowest BCUT2D eigenvalue weighted by Gasteiger charge is -2.05. The number of pyridine rings is 1. The van der Waals surface area contributed by atoms with E-state index in [9.17, 15) is 9.59 Å². The Hall–Kier alpha value is -3.09. The molecule has 0 amide bonds. The van der Waals surface area contributed by atoms with Gasteiger partial charge in [0, 0.05) is 26.5 Å². The molecule has 0 aliphatic carbocycles. The number of fused-ring (bicyclic) bond motifs is 1. The van der Waals surface area contributed by atoms with Crippen molar-refractivity contribution in [2.24, 2.45) is 14.1 Å². The Morgan fingerprint density at radius 2 is 1.91 bits per heavy atom. The lowest BCUT2D eigenvalue weighted by Crippen LogP contribution is -2.37. The highest BCUT2D eigenvalue weighted by Gasteiger charge is 2.10. The summed E-state index contributed by atoms with van der Waals surface area (Å²) < 4.78 is 2.32. The second-order valence-corrected chi connectivity index (χ2v) is 4.79. The van der Waals surface area contributed by atoms with Crippen molar-refractivity contribution in [2.75, 3.05) is 0 Å². The molecular formula is C15H13N5O2. The average Bonchev–Trinajstić information content (AvgIpc) is 2.57. The van der Waals surface area contributed by atoms with Gasteiger partial charge in [-0.25, -0.2) is 14.8 Å². The number of nitrogens with zero attached hydrogens (tertiary/aromatic N) is 5. The fourth-order valence-electron chi connectivity index (χ4n) is 2.08. The first-order valence-corrected chi connectivity index (χ1v) is 6.59. The van der Waals surface area contributed by atoms with Gasteiger partial charge in [-0.3, -0.25) is 18.9 Å². The summed E-state index contributed by atoms with van der Waals surface area (Å²) in [5.74, 6) is 0. The molecule has 3 aromatic rings. The fourth-order valence-corrected chi connectivity index (χ4v) is 2.08. The highest BCUT2D eigenvalue weighted by Crippen LogP contribution is 2.07. The van der Waals surface area contributed by atoms with Crippen molar-refractivity contribution in [3.63, 3.8) is 0 Å². The molecule has 0 bridgehead atoms. The van der Waals surface area contributed by atoms with E-state index in [1.165, 1.54) is 17.8 Å². The number of aryl methyl sites for hydroxylation is 1. The lowest BCUT2D eigenvalue weighted by atomic mass is 10.2. The molecule has 3 aromatic heterocycles. The molecule has 3 rings (SSSR count). The molecule has 110 valence electrons. The molecule has 0 aliphatic heterocycles. The van der Waals surface area contributed by atoms with Crippen molar-refractivity contribution in [2.45, 2.75) is 0 Å². The molecule has 0 N–H and O–H groups in total. The van der Waals surface area contributed by atoms with Crippen molar-refractivity contribution in [1.29, 1.82) is 0 Å². The van der Waals surface area contributed by atoms with E-state index in [4.69, 9.17) is 0 Å². The molecule has 0 aliphatic rings.